The zero-order chi connectivity index (χ0) is 15.1. The first kappa shape index (κ1) is 16.9. The van der Waals surface area contributed by atoms with Crippen molar-refractivity contribution in [1.82, 2.24) is 9.88 Å². The minimum Gasteiger partial charge on any atom is -0.369 e. The van der Waals surface area contributed by atoms with Gasteiger partial charge in [0.05, 0.1) is 16.6 Å². The second kappa shape index (κ2) is 8.17. The number of anilines is 2. The van der Waals surface area contributed by atoms with E-state index in [1.54, 1.807) is 11.0 Å². The molecule has 7 heteroatoms. The minimum atomic E-state index is 0.00724. The summed E-state index contributed by atoms with van der Waals surface area (Å²) >= 11 is 12.1. The highest BCUT2D eigenvalue weighted by Crippen LogP contribution is 2.28. The molecule has 20 heavy (non-hydrogen) atoms. The van der Waals surface area contributed by atoms with Crippen LogP contribution in [0.4, 0.5) is 11.6 Å². The molecule has 0 saturated carbocycles. The molecule has 5 nitrogen and oxygen atoms in total. The summed E-state index contributed by atoms with van der Waals surface area (Å²) in [6.45, 7) is 8.05. The summed E-state index contributed by atoms with van der Waals surface area (Å²) in [6, 6.07) is 1.61. The van der Waals surface area contributed by atoms with E-state index in [9.17, 15) is 4.79 Å². The van der Waals surface area contributed by atoms with Crippen LogP contribution in [-0.4, -0.2) is 42.0 Å². The van der Waals surface area contributed by atoms with Crippen LogP contribution >= 0.6 is 23.2 Å². The fourth-order valence-corrected chi connectivity index (χ4v) is 2.22. The van der Waals surface area contributed by atoms with Crippen molar-refractivity contribution < 1.29 is 4.79 Å². The largest absolute Gasteiger partial charge is 0.369 e. The lowest BCUT2D eigenvalue weighted by Gasteiger charge is -2.19. The van der Waals surface area contributed by atoms with Crippen LogP contribution in [0.2, 0.25) is 10.0 Å². The number of hydrogen-bond donors (Lipinski definition) is 2. The summed E-state index contributed by atoms with van der Waals surface area (Å²) in [5, 5.41) is 6.84. The van der Waals surface area contributed by atoms with E-state index in [1.807, 2.05) is 20.8 Å². The summed E-state index contributed by atoms with van der Waals surface area (Å²) in [5.74, 6) is 1.01. The highest BCUT2D eigenvalue weighted by molar-refractivity contribution is 6.37. The first-order valence-corrected chi connectivity index (χ1v) is 7.40. The van der Waals surface area contributed by atoms with Crippen LogP contribution in [0.5, 0.6) is 0 Å². The molecule has 0 aromatic carbocycles. The fraction of sp³-hybridized carbons (Fsp3) is 0.538. The van der Waals surface area contributed by atoms with E-state index in [-0.39, 0.29) is 12.5 Å². The Labute approximate surface area is 129 Å². The Hall–Kier alpha value is -1.20. The van der Waals surface area contributed by atoms with Crippen molar-refractivity contribution in [2.75, 3.05) is 36.8 Å². The molecule has 1 aromatic rings. The molecule has 0 fully saturated rings. The van der Waals surface area contributed by atoms with Gasteiger partial charge in [0, 0.05) is 19.6 Å². The Morgan fingerprint density at radius 2 is 1.70 bits per heavy atom. The number of likely N-dealkylation sites (N-methyl/N-ethyl adjacent to an activating group) is 1. The van der Waals surface area contributed by atoms with Crippen LogP contribution in [0.3, 0.4) is 0 Å². The Morgan fingerprint density at radius 3 is 2.20 bits per heavy atom. The third-order valence-corrected chi connectivity index (χ3v) is 3.37. The Kier molecular flexibility index (Phi) is 6.88. The van der Waals surface area contributed by atoms with E-state index >= 15 is 0 Å². The number of aromatic nitrogens is 1. The molecule has 2 N–H and O–H groups in total. The maximum absolute atomic E-state index is 11.9. The maximum Gasteiger partial charge on any atom is 0.241 e. The zero-order valence-electron chi connectivity index (χ0n) is 12.0. The van der Waals surface area contributed by atoms with Crippen molar-refractivity contribution in [3.8, 4) is 0 Å². The van der Waals surface area contributed by atoms with Gasteiger partial charge in [-0.25, -0.2) is 4.98 Å². The highest BCUT2D eigenvalue weighted by Gasteiger charge is 2.12. The number of carbonyl (C=O) groups is 1. The number of halogens is 2. The molecular weight excluding hydrogens is 299 g/mol. The monoisotopic (exact) mass is 318 g/mol. The average molecular weight is 319 g/mol. The Balaban J connectivity index is 2.77. The second-order valence-corrected chi connectivity index (χ2v) is 4.91. The third-order valence-electron chi connectivity index (χ3n) is 2.80. The molecule has 0 radical (unpaired) electrons. The molecule has 1 heterocycles. The lowest BCUT2D eigenvalue weighted by Crippen LogP contribution is -2.35. The maximum atomic E-state index is 11.9. The highest BCUT2D eigenvalue weighted by atomic mass is 35.5. The van der Waals surface area contributed by atoms with Gasteiger partial charge in [0.25, 0.3) is 0 Å². The van der Waals surface area contributed by atoms with Crippen LogP contribution in [0, 0.1) is 0 Å². The third kappa shape index (κ3) is 4.42. The summed E-state index contributed by atoms with van der Waals surface area (Å²) in [7, 11) is 0. The molecule has 0 bridgehead atoms. The number of rotatable bonds is 7. The van der Waals surface area contributed by atoms with Crippen molar-refractivity contribution in [3.63, 3.8) is 0 Å². The van der Waals surface area contributed by atoms with Crippen molar-refractivity contribution in [3.05, 3.63) is 16.1 Å². The molecular formula is C13H20Cl2N4O. The lowest BCUT2D eigenvalue weighted by molar-refractivity contribution is -0.128. The van der Waals surface area contributed by atoms with Gasteiger partial charge in [-0.1, -0.05) is 23.2 Å². The summed E-state index contributed by atoms with van der Waals surface area (Å²) in [5.41, 5.74) is 0. The van der Waals surface area contributed by atoms with Gasteiger partial charge in [-0.3, -0.25) is 4.79 Å². The molecule has 0 aliphatic carbocycles. The van der Waals surface area contributed by atoms with Gasteiger partial charge in [-0.05, 0) is 26.8 Å². The molecule has 0 saturated heterocycles. The van der Waals surface area contributed by atoms with Gasteiger partial charge >= 0.3 is 0 Å². The molecule has 0 aliphatic rings. The van der Waals surface area contributed by atoms with Gasteiger partial charge < -0.3 is 15.5 Å². The zero-order valence-corrected chi connectivity index (χ0v) is 13.5. The SMILES string of the molecule is CCNc1nc(NCC(=O)N(CC)CC)c(Cl)cc1Cl. The predicted octanol–water partition coefficient (Wildman–Crippen LogP) is 3.10. The van der Waals surface area contributed by atoms with E-state index in [4.69, 9.17) is 23.2 Å². The summed E-state index contributed by atoms with van der Waals surface area (Å²) < 4.78 is 0. The van der Waals surface area contributed by atoms with Gasteiger partial charge in [-0.15, -0.1) is 0 Å². The standard InChI is InChI=1S/C13H20Cl2N4O/c1-4-16-12-9(14)7-10(15)13(18-12)17-8-11(20)19(5-2)6-3/h7H,4-6,8H2,1-3H3,(H2,16,17,18). The minimum absolute atomic E-state index is 0.00724. The Bertz CT molecular complexity index is 464. The molecule has 1 rings (SSSR count). The molecule has 112 valence electrons. The van der Waals surface area contributed by atoms with Crippen LogP contribution in [0.1, 0.15) is 20.8 Å². The molecule has 0 unspecified atom stereocenters. The van der Waals surface area contributed by atoms with Gasteiger partial charge in [0.1, 0.15) is 11.6 Å². The van der Waals surface area contributed by atoms with Crippen molar-refractivity contribution >= 4 is 40.7 Å². The number of pyridine rings is 1. The van der Waals surface area contributed by atoms with Gasteiger partial charge in [0.2, 0.25) is 5.91 Å². The van der Waals surface area contributed by atoms with Crippen LogP contribution in [0.25, 0.3) is 0 Å². The van der Waals surface area contributed by atoms with Crippen LogP contribution in [-0.2, 0) is 4.79 Å². The van der Waals surface area contributed by atoms with E-state index in [1.165, 1.54) is 0 Å². The number of amides is 1. The average Bonchev–Trinajstić information content (AvgIpc) is 2.42. The number of nitrogens with one attached hydrogen (secondary N) is 2. The topological polar surface area (TPSA) is 57.3 Å². The molecule has 0 atom stereocenters. The van der Waals surface area contributed by atoms with Crippen LogP contribution in [0.15, 0.2) is 6.07 Å². The van der Waals surface area contributed by atoms with E-state index in [2.05, 4.69) is 15.6 Å². The first-order chi connectivity index (χ1) is 9.53. The van der Waals surface area contributed by atoms with Crippen molar-refractivity contribution in [2.45, 2.75) is 20.8 Å². The number of carbonyl (C=O) groups excluding carboxylic acids is 1. The van der Waals surface area contributed by atoms with E-state index in [0.717, 1.165) is 0 Å². The smallest absolute Gasteiger partial charge is 0.241 e. The van der Waals surface area contributed by atoms with Crippen molar-refractivity contribution in [1.29, 1.82) is 0 Å². The van der Waals surface area contributed by atoms with Gasteiger partial charge in [0.15, 0.2) is 0 Å². The summed E-state index contributed by atoms with van der Waals surface area (Å²) in [6.07, 6.45) is 0. The normalized spacial score (nSPS) is 10.2. The quantitative estimate of drug-likeness (QED) is 0.811. The van der Waals surface area contributed by atoms with E-state index in [0.29, 0.717) is 41.3 Å². The Morgan fingerprint density at radius 1 is 1.15 bits per heavy atom. The lowest BCUT2D eigenvalue weighted by atomic mass is 10.4. The molecule has 0 aliphatic heterocycles. The summed E-state index contributed by atoms with van der Waals surface area (Å²) in [4.78, 5) is 17.9. The van der Waals surface area contributed by atoms with E-state index < -0.39 is 0 Å². The number of hydrogen-bond acceptors (Lipinski definition) is 4. The molecule has 0 spiro atoms. The van der Waals surface area contributed by atoms with Crippen molar-refractivity contribution in [2.24, 2.45) is 0 Å². The molecule has 1 aromatic heterocycles. The predicted molar refractivity (Wildman–Crippen MR) is 84.8 cm³/mol. The first-order valence-electron chi connectivity index (χ1n) is 6.64. The second-order valence-electron chi connectivity index (χ2n) is 4.10. The number of nitrogens with zero attached hydrogens (tertiary/aromatic N) is 2. The fourth-order valence-electron chi connectivity index (χ4n) is 1.73. The van der Waals surface area contributed by atoms with Gasteiger partial charge in [-0.2, -0.15) is 0 Å². The molecule has 1 amide bonds. The van der Waals surface area contributed by atoms with Crippen LogP contribution < -0.4 is 10.6 Å².